The van der Waals surface area contributed by atoms with E-state index in [-0.39, 0.29) is 24.8 Å². The van der Waals surface area contributed by atoms with Gasteiger partial charge in [0.25, 0.3) is 0 Å². The smallest absolute Gasteiger partial charge is 0.317 e. The van der Waals surface area contributed by atoms with Gasteiger partial charge in [0.2, 0.25) is 5.82 Å². The van der Waals surface area contributed by atoms with Gasteiger partial charge in [-0.2, -0.15) is 0 Å². The van der Waals surface area contributed by atoms with E-state index >= 15 is 0 Å². The minimum atomic E-state index is -1.15. The molecule has 3 aromatic rings. The first-order valence-corrected chi connectivity index (χ1v) is 9.07. The number of hydrogen-bond acceptors (Lipinski definition) is 8. The van der Waals surface area contributed by atoms with E-state index < -0.39 is 25.0 Å². The number of halogens is 1. The van der Waals surface area contributed by atoms with Crippen LogP contribution in [0.15, 0.2) is 48.8 Å². The summed E-state index contributed by atoms with van der Waals surface area (Å²) >= 11 is 0. The van der Waals surface area contributed by atoms with Gasteiger partial charge in [0.05, 0.1) is 13.1 Å². The van der Waals surface area contributed by atoms with Crippen molar-refractivity contribution < 1.29 is 28.9 Å². The van der Waals surface area contributed by atoms with E-state index in [0.717, 1.165) is 0 Å². The number of carbonyl (C=O) groups is 2. The summed E-state index contributed by atoms with van der Waals surface area (Å²) in [5.41, 5.74) is 1.83. The van der Waals surface area contributed by atoms with E-state index in [1.807, 2.05) is 0 Å². The Morgan fingerprint density at radius 1 is 0.968 bits per heavy atom. The van der Waals surface area contributed by atoms with Crippen LogP contribution in [0.2, 0.25) is 0 Å². The second-order valence-corrected chi connectivity index (χ2v) is 6.54. The van der Waals surface area contributed by atoms with Crippen LogP contribution in [-0.4, -0.2) is 60.5 Å². The summed E-state index contributed by atoms with van der Waals surface area (Å²) in [6, 6.07) is 10.8. The highest BCUT2D eigenvalue weighted by molar-refractivity contribution is 5.72. The van der Waals surface area contributed by atoms with Crippen molar-refractivity contribution in [3.63, 3.8) is 0 Å². The zero-order valence-corrected chi connectivity index (χ0v) is 16.2. The predicted octanol–water partition coefficient (Wildman–Crippen LogP) is 1.62. The lowest BCUT2D eigenvalue weighted by molar-refractivity contribution is -0.142. The number of rotatable bonds is 10. The van der Waals surface area contributed by atoms with Crippen LogP contribution in [0.4, 0.5) is 4.39 Å². The van der Waals surface area contributed by atoms with Crippen LogP contribution in [0.25, 0.3) is 11.4 Å². The Bertz CT molecular complexity index is 1030. The molecule has 0 radical (unpaired) electrons. The normalized spacial score (nSPS) is 10.8. The Morgan fingerprint density at radius 3 is 2.23 bits per heavy atom. The van der Waals surface area contributed by atoms with Gasteiger partial charge in [-0.15, -0.1) is 20.4 Å². The van der Waals surface area contributed by atoms with E-state index in [2.05, 4.69) is 20.4 Å². The van der Waals surface area contributed by atoms with Crippen molar-refractivity contribution in [2.75, 3.05) is 13.1 Å². The zero-order chi connectivity index (χ0) is 22.2. The molecule has 0 atom stereocenters. The Hall–Kier alpha value is -3.99. The first-order valence-electron chi connectivity index (χ1n) is 9.07. The standard InChI is InChI=1S/C20H18FN5O5/c21-16-5-1-13(2-6-16)11-31-17-7-14(20-24-22-12-23-25-20)3-4-15(17)8-26(9-18(27)28)10-19(29)30/h1-7,12H,8-11H2,(H,27,28)(H,29,30). The Kier molecular flexibility index (Phi) is 7.12. The maximum absolute atomic E-state index is 13.1. The molecule has 2 aromatic carbocycles. The van der Waals surface area contributed by atoms with Crippen LogP contribution in [0, 0.1) is 5.82 Å². The first-order chi connectivity index (χ1) is 14.9. The van der Waals surface area contributed by atoms with Gasteiger partial charge >= 0.3 is 11.9 Å². The molecule has 0 spiro atoms. The number of ether oxygens (including phenoxy) is 1. The molecule has 0 unspecified atom stereocenters. The summed E-state index contributed by atoms with van der Waals surface area (Å²) in [5, 5.41) is 33.4. The number of nitrogens with zero attached hydrogens (tertiary/aromatic N) is 5. The fraction of sp³-hybridized carbons (Fsp3) is 0.200. The molecule has 0 amide bonds. The van der Waals surface area contributed by atoms with E-state index in [4.69, 9.17) is 14.9 Å². The van der Waals surface area contributed by atoms with Crippen molar-refractivity contribution in [3.8, 4) is 17.1 Å². The van der Waals surface area contributed by atoms with Gasteiger partial charge in [0, 0.05) is 17.7 Å². The second kappa shape index (κ2) is 10.2. The van der Waals surface area contributed by atoms with Crippen LogP contribution in [0.5, 0.6) is 5.75 Å². The SMILES string of the molecule is O=C(O)CN(CC(=O)O)Cc1ccc(-c2nncnn2)cc1OCc1ccc(F)cc1. The quantitative estimate of drug-likeness (QED) is 0.491. The molecule has 1 heterocycles. The molecule has 160 valence electrons. The summed E-state index contributed by atoms with van der Waals surface area (Å²) < 4.78 is 19.0. The third kappa shape index (κ3) is 6.51. The van der Waals surface area contributed by atoms with Gasteiger partial charge in [-0.05, 0) is 23.8 Å². The monoisotopic (exact) mass is 427 g/mol. The Morgan fingerprint density at radius 2 is 1.61 bits per heavy atom. The van der Waals surface area contributed by atoms with Crippen LogP contribution in [0.1, 0.15) is 11.1 Å². The lowest BCUT2D eigenvalue weighted by Gasteiger charge is -2.20. The van der Waals surface area contributed by atoms with E-state index in [1.165, 1.54) is 23.4 Å². The third-order valence-electron chi connectivity index (χ3n) is 4.15. The van der Waals surface area contributed by atoms with Gasteiger partial charge in [0.1, 0.15) is 18.2 Å². The van der Waals surface area contributed by atoms with E-state index in [0.29, 0.717) is 22.4 Å². The van der Waals surface area contributed by atoms with Crippen molar-refractivity contribution in [1.82, 2.24) is 25.3 Å². The molecule has 31 heavy (non-hydrogen) atoms. The van der Waals surface area contributed by atoms with E-state index in [9.17, 15) is 14.0 Å². The molecule has 0 aliphatic rings. The molecule has 0 aliphatic carbocycles. The summed E-state index contributed by atoms with van der Waals surface area (Å²) in [5.74, 6) is -2.04. The van der Waals surface area contributed by atoms with Gasteiger partial charge in [-0.25, -0.2) is 4.39 Å². The minimum Gasteiger partial charge on any atom is -0.489 e. The summed E-state index contributed by atoms with van der Waals surface area (Å²) in [6.45, 7) is -0.785. The van der Waals surface area contributed by atoms with Crippen molar-refractivity contribution >= 4 is 11.9 Å². The highest BCUT2D eigenvalue weighted by Crippen LogP contribution is 2.27. The fourth-order valence-electron chi connectivity index (χ4n) is 2.81. The van der Waals surface area contributed by atoms with Crippen molar-refractivity contribution in [2.24, 2.45) is 0 Å². The highest BCUT2D eigenvalue weighted by atomic mass is 19.1. The van der Waals surface area contributed by atoms with Crippen molar-refractivity contribution in [2.45, 2.75) is 13.2 Å². The molecule has 0 bridgehead atoms. The second-order valence-electron chi connectivity index (χ2n) is 6.54. The van der Waals surface area contributed by atoms with Crippen LogP contribution in [-0.2, 0) is 22.7 Å². The molecule has 0 saturated heterocycles. The summed E-state index contributed by atoms with van der Waals surface area (Å²) in [7, 11) is 0. The van der Waals surface area contributed by atoms with Crippen LogP contribution >= 0.6 is 0 Å². The molecule has 0 saturated carbocycles. The van der Waals surface area contributed by atoms with Crippen LogP contribution in [0.3, 0.4) is 0 Å². The Labute approximate surface area is 176 Å². The maximum atomic E-state index is 13.1. The Balaban J connectivity index is 1.89. The largest absolute Gasteiger partial charge is 0.489 e. The first kappa shape index (κ1) is 21.7. The fourth-order valence-corrected chi connectivity index (χ4v) is 2.81. The topological polar surface area (TPSA) is 139 Å². The molecule has 0 fully saturated rings. The molecule has 0 aliphatic heterocycles. The van der Waals surface area contributed by atoms with Gasteiger partial charge in [0.15, 0.2) is 6.33 Å². The summed E-state index contributed by atoms with van der Waals surface area (Å²) in [4.78, 5) is 23.5. The molecule has 1 aromatic heterocycles. The molecule has 2 N–H and O–H groups in total. The third-order valence-corrected chi connectivity index (χ3v) is 4.15. The number of hydrogen-bond donors (Lipinski definition) is 2. The van der Waals surface area contributed by atoms with Crippen LogP contribution < -0.4 is 4.74 Å². The summed E-state index contributed by atoms with van der Waals surface area (Å²) in [6.07, 6.45) is 1.19. The maximum Gasteiger partial charge on any atom is 0.317 e. The predicted molar refractivity (Wildman–Crippen MR) is 104 cm³/mol. The molecule has 3 rings (SSSR count). The van der Waals surface area contributed by atoms with Crippen molar-refractivity contribution in [1.29, 1.82) is 0 Å². The molecular formula is C20H18FN5O5. The van der Waals surface area contributed by atoms with Gasteiger partial charge in [-0.3, -0.25) is 14.5 Å². The minimum absolute atomic E-state index is 0.0176. The van der Waals surface area contributed by atoms with Gasteiger partial charge < -0.3 is 14.9 Å². The van der Waals surface area contributed by atoms with Crippen molar-refractivity contribution in [3.05, 3.63) is 65.7 Å². The molecular weight excluding hydrogens is 409 g/mol. The average molecular weight is 427 g/mol. The number of carboxylic acids is 2. The molecule has 11 heteroatoms. The number of benzene rings is 2. The lowest BCUT2D eigenvalue weighted by Crippen LogP contribution is -2.34. The average Bonchev–Trinajstić information content (AvgIpc) is 2.74. The van der Waals surface area contributed by atoms with E-state index in [1.54, 1.807) is 30.3 Å². The van der Waals surface area contributed by atoms with Gasteiger partial charge in [-0.1, -0.05) is 24.3 Å². The number of aliphatic carboxylic acids is 2. The zero-order valence-electron chi connectivity index (χ0n) is 16.2. The lowest BCUT2D eigenvalue weighted by atomic mass is 10.1. The molecule has 10 nitrogen and oxygen atoms in total. The highest BCUT2D eigenvalue weighted by Gasteiger charge is 2.17. The number of carboxylic acid groups (broad SMARTS) is 2. The number of aromatic nitrogens is 4.